The Hall–Kier alpha value is -1.06. The third-order valence-electron chi connectivity index (χ3n) is 3.45. The first-order valence-corrected chi connectivity index (χ1v) is 5.59. The van der Waals surface area contributed by atoms with Crippen molar-refractivity contribution in [3.05, 3.63) is 0 Å². The molecule has 0 bridgehead atoms. The van der Waals surface area contributed by atoms with Crippen LogP contribution in [0.15, 0.2) is 0 Å². The summed E-state index contributed by atoms with van der Waals surface area (Å²) >= 11 is 0. The normalized spacial score (nSPS) is 34.4. The lowest BCUT2D eigenvalue weighted by Gasteiger charge is -2.15. The van der Waals surface area contributed by atoms with Crippen LogP contribution in [0.4, 0.5) is 0 Å². The van der Waals surface area contributed by atoms with E-state index in [0.29, 0.717) is 18.9 Å². The Morgan fingerprint density at radius 2 is 2.33 bits per heavy atom. The molecule has 0 aromatic heterocycles. The van der Waals surface area contributed by atoms with E-state index in [1.54, 1.807) is 11.9 Å². The summed E-state index contributed by atoms with van der Waals surface area (Å²) in [5, 5.41) is 0. The molecule has 1 aliphatic heterocycles. The number of fused-ring (bicyclic) bond motifs is 1. The highest BCUT2D eigenvalue weighted by atomic mass is 16.5. The molecule has 1 aliphatic carbocycles. The van der Waals surface area contributed by atoms with Crippen LogP contribution in [0.2, 0.25) is 0 Å². The molecule has 4 nitrogen and oxygen atoms in total. The van der Waals surface area contributed by atoms with Crippen molar-refractivity contribution in [1.82, 2.24) is 4.90 Å². The van der Waals surface area contributed by atoms with Gasteiger partial charge in [0.25, 0.3) is 0 Å². The largest absolute Gasteiger partial charge is 0.466 e. The lowest BCUT2D eigenvalue weighted by atomic mass is 10.1. The molecule has 0 aromatic carbocycles. The fraction of sp³-hybridized carbons (Fsp3) is 0.818. The maximum absolute atomic E-state index is 11.6. The van der Waals surface area contributed by atoms with Crippen molar-refractivity contribution in [2.75, 3.05) is 13.7 Å². The minimum absolute atomic E-state index is 0.0563. The molecular weight excluding hydrogens is 194 g/mol. The van der Waals surface area contributed by atoms with Crippen LogP contribution in [0.3, 0.4) is 0 Å². The zero-order chi connectivity index (χ0) is 11.0. The number of esters is 1. The molecule has 1 saturated carbocycles. The van der Waals surface area contributed by atoms with Gasteiger partial charge < -0.3 is 9.64 Å². The minimum atomic E-state index is -0.131. The van der Waals surface area contributed by atoms with Crippen LogP contribution in [-0.4, -0.2) is 36.5 Å². The fourth-order valence-electron chi connectivity index (χ4n) is 2.62. The van der Waals surface area contributed by atoms with Crippen molar-refractivity contribution in [1.29, 1.82) is 0 Å². The molecule has 0 N–H and O–H groups in total. The second-order valence-corrected chi connectivity index (χ2v) is 4.33. The van der Waals surface area contributed by atoms with Gasteiger partial charge in [-0.1, -0.05) is 0 Å². The monoisotopic (exact) mass is 211 g/mol. The first-order valence-electron chi connectivity index (χ1n) is 5.59. The number of hydrogen-bond donors (Lipinski definition) is 0. The Labute approximate surface area is 89.6 Å². The quantitative estimate of drug-likeness (QED) is 0.635. The summed E-state index contributed by atoms with van der Waals surface area (Å²) in [5.41, 5.74) is 0. The van der Waals surface area contributed by atoms with E-state index in [4.69, 9.17) is 4.74 Å². The molecule has 1 saturated heterocycles. The first-order chi connectivity index (χ1) is 7.16. The summed E-state index contributed by atoms with van der Waals surface area (Å²) in [6.45, 7) is 2.23. The lowest BCUT2D eigenvalue weighted by molar-refractivity contribution is -0.145. The predicted octanol–water partition coefficient (Wildman–Crippen LogP) is 0.806. The van der Waals surface area contributed by atoms with E-state index in [9.17, 15) is 9.59 Å². The van der Waals surface area contributed by atoms with Crippen molar-refractivity contribution in [2.24, 2.45) is 11.8 Å². The van der Waals surface area contributed by atoms with Crippen LogP contribution in [-0.2, 0) is 14.3 Å². The number of ether oxygens (including phenoxy) is 1. The number of hydrogen-bond acceptors (Lipinski definition) is 3. The van der Waals surface area contributed by atoms with Gasteiger partial charge in [0.1, 0.15) is 0 Å². The molecular formula is C11H17NO3. The van der Waals surface area contributed by atoms with Crippen LogP contribution in [0.25, 0.3) is 0 Å². The molecule has 4 heteroatoms. The predicted molar refractivity (Wildman–Crippen MR) is 54.0 cm³/mol. The summed E-state index contributed by atoms with van der Waals surface area (Å²) in [6, 6.07) is 0.110. The number of nitrogens with zero attached hydrogens (tertiary/aromatic N) is 1. The molecule has 2 aliphatic rings. The topological polar surface area (TPSA) is 46.6 Å². The van der Waals surface area contributed by atoms with E-state index in [-0.39, 0.29) is 23.8 Å². The second-order valence-electron chi connectivity index (χ2n) is 4.33. The minimum Gasteiger partial charge on any atom is -0.466 e. The van der Waals surface area contributed by atoms with Crippen LogP contribution in [0, 0.1) is 11.8 Å². The third-order valence-corrected chi connectivity index (χ3v) is 3.45. The van der Waals surface area contributed by atoms with Crippen LogP contribution < -0.4 is 0 Å². The van der Waals surface area contributed by atoms with Gasteiger partial charge in [-0.25, -0.2) is 0 Å². The van der Waals surface area contributed by atoms with E-state index in [1.807, 2.05) is 6.92 Å². The highest BCUT2D eigenvalue weighted by Crippen LogP contribution is 2.48. The van der Waals surface area contributed by atoms with E-state index < -0.39 is 0 Å². The number of rotatable bonds is 2. The summed E-state index contributed by atoms with van der Waals surface area (Å²) in [6.07, 6.45) is 2.50. The molecule has 15 heavy (non-hydrogen) atoms. The van der Waals surface area contributed by atoms with Gasteiger partial charge >= 0.3 is 5.97 Å². The second kappa shape index (κ2) is 3.83. The molecule has 2 fully saturated rings. The highest BCUT2D eigenvalue weighted by Gasteiger charge is 2.59. The van der Waals surface area contributed by atoms with Crippen molar-refractivity contribution < 1.29 is 14.3 Å². The van der Waals surface area contributed by atoms with Crippen LogP contribution in [0.5, 0.6) is 0 Å². The van der Waals surface area contributed by atoms with Crippen LogP contribution >= 0.6 is 0 Å². The Morgan fingerprint density at radius 1 is 1.60 bits per heavy atom. The molecule has 0 aromatic rings. The third kappa shape index (κ3) is 1.73. The number of carbonyl (C=O) groups excluding carboxylic acids is 2. The van der Waals surface area contributed by atoms with Crippen molar-refractivity contribution in [2.45, 2.75) is 32.2 Å². The average molecular weight is 211 g/mol. The van der Waals surface area contributed by atoms with Gasteiger partial charge in [-0.2, -0.15) is 0 Å². The molecule has 84 valence electrons. The van der Waals surface area contributed by atoms with Gasteiger partial charge in [-0.15, -0.1) is 0 Å². The van der Waals surface area contributed by atoms with E-state index in [1.165, 1.54) is 0 Å². The lowest BCUT2D eigenvalue weighted by Crippen LogP contribution is -2.30. The molecule has 0 spiro atoms. The van der Waals surface area contributed by atoms with Gasteiger partial charge in [0.05, 0.1) is 12.5 Å². The zero-order valence-corrected chi connectivity index (χ0v) is 9.23. The Balaban J connectivity index is 2.02. The molecule has 3 unspecified atom stereocenters. The molecule has 0 radical (unpaired) electrons. The van der Waals surface area contributed by atoms with Gasteiger partial charge in [-0.05, 0) is 25.7 Å². The van der Waals surface area contributed by atoms with Crippen LogP contribution in [0.1, 0.15) is 26.2 Å². The summed E-state index contributed by atoms with van der Waals surface area (Å²) in [7, 11) is 1.80. The van der Waals surface area contributed by atoms with Gasteiger partial charge in [-0.3, -0.25) is 9.59 Å². The maximum Gasteiger partial charge on any atom is 0.311 e. The van der Waals surface area contributed by atoms with E-state index in [0.717, 1.165) is 12.8 Å². The summed E-state index contributed by atoms with van der Waals surface area (Å²) < 4.78 is 5.01. The smallest absolute Gasteiger partial charge is 0.311 e. The SMILES string of the molecule is CCOC(=O)C1C2CCCC(=O)N(C)C21. The molecule has 2 rings (SSSR count). The fourth-order valence-corrected chi connectivity index (χ4v) is 2.62. The van der Waals surface area contributed by atoms with Crippen molar-refractivity contribution in [3.8, 4) is 0 Å². The summed E-state index contributed by atoms with van der Waals surface area (Å²) in [4.78, 5) is 24.9. The average Bonchev–Trinajstić information content (AvgIpc) is 2.91. The molecule has 1 heterocycles. The van der Waals surface area contributed by atoms with Crippen molar-refractivity contribution in [3.63, 3.8) is 0 Å². The summed E-state index contributed by atoms with van der Waals surface area (Å²) in [5.74, 6) is 0.322. The Morgan fingerprint density at radius 3 is 3.00 bits per heavy atom. The molecule has 1 amide bonds. The van der Waals surface area contributed by atoms with E-state index >= 15 is 0 Å². The maximum atomic E-state index is 11.6. The standard InChI is InChI=1S/C11H17NO3/c1-3-15-11(14)9-7-5-4-6-8(13)12(2)10(7)9/h7,9-10H,3-6H2,1-2H3. The Bertz CT molecular complexity index is 290. The number of amides is 1. The first kappa shape index (κ1) is 10.5. The van der Waals surface area contributed by atoms with Gasteiger partial charge in [0, 0.05) is 19.5 Å². The zero-order valence-electron chi connectivity index (χ0n) is 9.23. The number of likely N-dealkylation sites (tertiary alicyclic amines) is 1. The highest BCUT2D eigenvalue weighted by molar-refractivity contribution is 5.82. The molecule has 3 atom stereocenters. The van der Waals surface area contributed by atoms with Gasteiger partial charge in [0.15, 0.2) is 0 Å². The number of carbonyl (C=O) groups is 2. The van der Waals surface area contributed by atoms with Gasteiger partial charge in [0.2, 0.25) is 5.91 Å². The van der Waals surface area contributed by atoms with E-state index in [2.05, 4.69) is 0 Å². The Kier molecular flexibility index (Phi) is 2.67. The van der Waals surface area contributed by atoms with Crippen molar-refractivity contribution >= 4 is 11.9 Å².